The van der Waals surface area contributed by atoms with Crippen LogP contribution in [0.5, 0.6) is 11.5 Å². The molecular formula is C16H16O2. The highest BCUT2D eigenvalue weighted by atomic mass is 16.5. The van der Waals surface area contributed by atoms with E-state index in [9.17, 15) is 0 Å². The molecule has 1 rings (SSSR count). The van der Waals surface area contributed by atoms with E-state index in [2.05, 4.69) is 11.8 Å². The van der Waals surface area contributed by atoms with Gasteiger partial charge in [-0.2, -0.15) is 0 Å². The van der Waals surface area contributed by atoms with Gasteiger partial charge in [-0.05, 0) is 31.5 Å². The number of hydrogen-bond acceptors (Lipinski definition) is 2. The highest BCUT2D eigenvalue weighted by Crippen LogP contribution is 2.24. The van der Waals surface area contributed by atoms with Crippen molar-refractivity contribution in [2.45, 2.75) is 13.8 Å². The Morgan fingerprint density at radius 2 is 1.56 bits per heavy atom. The van der Waals surface area contributed by atoms with Gasteiger partial charge in [-0.1, -0.05) is 23.5 Å². The fraction of sp³-hybridized carbons (Fsp3) is 0.250. The zero-order valence-electron chi connectivity index (χ0n) is 10.7. The average Bonchev–Trinajstić information content (AvgIpc) is 2.33. The van der Waals surface area contributed by atoms with Crippen LogP contribution < -0.4 is 9.47 Å². The summed E-state index contributed by atoms with van der Waals surface area (Å²) in [5.74, 6) is 6.21. The normalized spacial score (nSPS) is 8.89. The molecule has 0 atom stereocenters. The third-order valence-electron chi connectivity index (χ3n) is 2.00. The summed E-state index contributed by atoms with van der Waals surface area (Å²) in [5, 5.41) is 0. The molecule has 0 fully saturated rings. The van der Waals surface area contributed by atoms with Crippen molar-refractivity contribution in [3.63, 3.8) is 0 Å². The summed E-state index contributed by atoms with van der Waals surface area (Å²) >= 11 is 0. The molecule has 0 saturated heterocycles. The number of ether oxygens (including phenoxy) is 2. The van der Waals surface area contributed by atoms with E-state index in [1.54, 1.807) is 6.07 Å². The Morgan fingerprint density at radius 1 is 1.06 bits per heavy atom. The van der Waals surface area contributed by atoms with Gasteiger partial charge in [-0.25, -0.2) is 0 Å². The fourth-order valence-corrected chi connectivity index (χ4v) is 1.43. The number of hydrogen-bond donors (Lipinski definition) is 0. The molecule has 92 valence electrons. The van der Waals surface area contributed by atoms with Gasteiger partial charge >= 0.3 is 0 Å². The van der Waals surface area contributed by atoms with E-state index in [-0.39, 0.29) is 13.2 Å². The summed E-state index contributed by atoms with van der Waals surface area (Å²) < 4.78 is 10.8. The van der Waals surface area contributed by atoms with Crippen molar-refractivity contribution in [1.29, 1.82) is 0 Å². The van der Waals surface area contributed by atoms with E-state index in [1.165, 1.54) is 5.57 Å². The molecule has 0 bridgehead atoms. The number of benzene rings is 1. The van der Waals surface area contributed by atoms with Gasteiger partial charge in [0.25, 0.3) is 0 Å². The van der Waals surface area contributed by atoms with Crippen LogP contribution in [0, 0.1) is 24.7 Å². The quantitative estimate of drug-likeness (QED) is 0.736. The molecule has 18 heavy (non-hydrogen) atoms. The largest absolute Gasteiger partial charge is 0.481 e. The molecule has 0 amide bonds. The van der Waals surface area contributed by atoms with E-state index < -0.39 is 0 Å². The maximum atomic E-state index is 5.40. The molecule has 0 aromatic heterocycles. The van der Waals surface area contributed by atoms with E-state index in [0.29, 0.717) is 11.5 Å². The monoisotopic (exact) mass is 240 g/mol. The van der Waals surface area contributed by atoms with E-state index in [4.69, 9.17) is 22.3 Å². The van der Waals surface area contributed by atoms with Gasteiger partial charge in [0.15, 0.2) is 0 Å². The van der Waals surface area contributed by atoms with Crippen molar-refractivity contribution >= 4 is 6.08 Å². The van der Waals surface area contributed by atoms with Crippen LogP contribution in [-0.2, 0) is 0 Å². The summed E-state index contributed by atoms with van der Waals surface area (Å²) in [5.41, 5.74) is 2.18. The maximum absolute atomic E-state index is 5.40. The topological polar surface area (TPSA) is 18.5 Å². The van der Waals surface area contributed by atoms with Crippen LogP contribution in [0.25, 0.3) is 6.08 Å². The first-order valence-electron chi connectivity index (χ1n) is 5.58. The molecule has 0 radical (unpaired) electrons. The second-order valence-corrected chi connectivity index (χ2v) is 3.95. The maximum Gasteiger partial charge on any atom is 0.148 e. The minimum atomic E-state index is 0.229. The summed E-state index contributed by atoms with van der Waals surface area (Å²) in [6.07, 6.45) is 12.4. The third-order valence-corrected chi connectivity index (χ3v) is 2.00. The lowest BCUT2D eigenvalue weighted by Crippen LogP contribution is -1.97. The van der Waals surface area contributed by atoms with Crippen LogP contribution in [-0.4, -0.2) is 13.2 Å². The van der Waals surface area contributed by atoms with Crippen molar-refractivity contribution < 1.29 is 9.47 Å². The zero-order valence-corrected chi connectivity index (χ0v) is 10.7. The van der Waals surface area contributed by atoms with Crippen molar-refractivity contribution in [1.82, 2.24) is 0 Å². The first kappa shape index (κ1) is 13.7. The smallest absolute Gasteiger partial charge is 0.148 e. The molecule has 1 aromatic rings. The predicted octanol–water partition coefficient (Wildman–Crippen LogP) is 3.13. The summed E-state index contributed by atoms with van der Waals surface area (Å²) in [4.78, 5) is 0. The van der Waals surface area contributed by atoms with E-state index in [1.807, 2.05) is 32.1 Å². The lowest BCUT2D eigenvalue weighted by atomic mass is 10.1. The SMILES string of the molecule is C#CCOc1cc(C=C(C)C)cc(OCC#C)c1. The van der Waals surface area contributed by atoms with Gasteiger partial charge in [-0.3, -0.25) is 0 Å². The summed E-state index contributed by atoms with van der Waals surface area (Å²) in [6, 6.07) is 5.59. The van der Waals surface area contributed by atoms with Crippen LogP contribution in [0.3, 0.4) is 0 Å². The lowest BCUT2D eigenvalue weighted by molar-refractivity contribution is 0.351. The van der Waals surface area contributed by atoms with Crippen LogP contribution >= 0.6 is 0 Å². The Morgan fingerprint density at radius 3 is 1.94 bits per heavy atom. The lowest BCUT2D eigenvalue weighted by Gasteiger charge is -2.08. The summed E-state index contributed by atoms with van der Waals surface area (Å²) in [7, 11) is 0. The number of rotatable bonds is 5. The highest BCUT2D eigenvalue weighted by molar-refractivity contribution is 5.57. The third kappa shape index (κ3) is 4.68. The molecule has 0 heterocycles. The highest BCUT2D eigenvalue weighted by Gasteiger charge is 2.01. The van der Waals surface area contributed by atoms with E-state index in [0.717, 1.165) is 5.56 Å². The van der Waals surface area contributed by atoms with Gasteiger partial charge < -0.3 is 9.47 Å². The zero-order chi connectivity index (χ0) is 13.4. The molecule has 1 aromatic carbocycles. The number of terminal acetylenes is 2. The average molecular weight is 240 g/mol. The Balaban J connectivity index is 3.00. The Bertz CT molecular complexity index is 473. The van der Waals surface area contributed by atoms with Gasteiger partial charge in [0.2, 0.25) is 0 Å². The molecule has 0 aliphatic carbocycles. The Labute approximate surface area is 109 Å². The first-order chi connectivity index (χ1) is 8.65. The predicted molar refractivity (Wildman–Crippen MR) is 74.4 cm³/mol. The molecular weight excluding hydrogens is 224 g/mol. The molecule has 0 aliphatic rings. The van der Waals surface area contributed by atoms with Crippen LogP contribution in [0.1, 0.15) is 19.4 Å². The van der Waals surface area contributed by atoms with Crippen molar-refractivity contribution in [3.8, 4) is 36.2 Å². The number of allylic oxidation sites excluding steroid dienone is 1. The van der Waals surface area contributed by atoms with Gasteiger partial charge in [-0.15, -0.1) is 12.8 Å². The summed E-state index contributed by atoms with van der Waals surface area (Å²) in [6.45, 7) is 4.51. The van der Waals surface area contributed by atoms with Gasteiger partial charge in [0.1, 0.15) is 24.7 Å². The van der Waals surface area contributed by atoms with E-state index >= 15 is 0 Å². The molecule has 0 saturated carbocycles. The van der Waals surface area contributed by atoms with Crippen molar-refractivity contribution in [2.75, 3.05) is 13.2 Å². The first-order valence-corrected chi connectivity index (χ1v) is 5.58. The molecule has 2 nitrogen and oxygen atoms in total. The van der Waals surface area contributed by atoms with Crippen LogP contribution in [0.4, 0.5) is 0 Å². The molecule has 2 heteroatoms. The van der Waals surface area contributed by atoms with Gasteiger partial charge in [0.05, 0.1) is 0 Å². The minimum absolute atomic E-state index is 0.229. The molecule has 0 N–H and O–H groups in total. The van der Waals surface area contributed by atoms with Crippen LogP contribution in [0.2, 0.25) is 0 Å². The second kappa shape index (κ2) is 7.09. The van der Waals surface area contributed by atoms with Gasteiger partial charge in [0, 0.05) is 6.07 Å². The Hall–Kier alpha value is -2.32. The second-order valence-electron chi connectivity index (χ2n) is 3.95. The molecule has 0 aliphatic heterocycles. The standard InChI is InChI=1S/C16H16O2/c1-5-7-17-15-10-14(9-13(3)4)11-16(12-15)18-8-6-2/h1-2,9-12H,7-8H2,3-4H3. The fourth-order valence-electron chi connectivity index (χ4n) is 1.43. The molecule has 0 unspecified atom stereocenters. The van der Waals surface area contributed by atoms with Crippen molar-refractivity contribution in [3.05, 3.63) is 29.3 Å². The van der Waals surface area contributed by atoms with Crippen LogP contribution in [0.15, 0.2) is 23.8 Å². The molecule has 0 spiro atoms. The Kier molecular flexibility index (Phi) is 5.42. The van der Waals surface area contributed by atoms with Crippen molar-refractivity contribution in [2.24, 2.45) is 0 Å². The minimum Gasteiger partial charge on any atom is -0.481 e.